The van der Waals surface area contributed by atoms with Crippen molar-refractivity contribution in [1.82, 2.24) is 0 Å². The predicted molar refractivity (Wildman–Crippen MR) is 92.6 cm³/mol. The number of hydrogen-bond donors (Lipinski definition) is 0. The van der Waals surface area contributed by atoms with Crippen molar-refractivity contribution in [3.05, 3.63) is 101 Å². The number of rotatable bonds is 5. The molecule has 1 nitrogen and oxygen atoms in total. The van der Waals surface area contributed by atoms with Gasteiger partial charge in [0.15, 0.2) is 0 Å². The fourth-order valence-electron chi connectivity index (χ4n) is 2.25. The summed E-state index contributed by atoms with van der Waals surface area (Å²) in [4.78, 5) is 0. The van der Waals surface area contributed by atoms with Crippen LogP contribution in [0.25, 0.3) is 0 Å². The molecule has 0 fully saturated rings. The molecule has 108 valence electrons. The molecular formula is C19H15ClOSi. The number of benzene rings is 3. The molecule has 0 amide bonds. The summed E-state index contributed by atoms with van der Waals surface area (Å²) < 4.78 is 6.00. The van der Waals surface area contributed by atoms with Crippen molar-refractivity contribution in [2.24, 2.45) is 0 Å². The van der Waals surface area contributed by atoms with Crippen LogP contribution in [0, 0.1) is 0 Å². The molecule has 3 heteroatoms. The van der Waals surface area contributed by atoms with Crippen molar-refractivity contribution < 1.29 is 4.43 Å². The summed E-state index contributed by atoms with van der Waals surface area (Å²) in [5, 5.41) is 0.721. The van der Waals surface area contributed by atoms with Gasteiger partial charge in [-0.2, -0.15) is 0 Å². The largest absolute Gasteiger partial charge is 0.540 e. The Kier molecular flexibility index (Phi) is 4.94. The highest BCUT2D eigenvalue weighted by atomic mass is 35.5. The minimum Gasteiger partial charge on any atom is -0.540 e. The minimum absolute atomic E-state index is 0.234. The monoisotopic (exact) mass is 322 g/mol. The van der Waals surface area contributed by atoms with E-state index in [9.17, 15) is 0 Å². The molecule has 0 bridgehead atoms. The molecule has 2 radical (unpaired) electrons. The van der Waals surface area contributed by atoms with Crippen molar-refractivity contribution in [2.75, 3.05) is 0 Å². The first kappa shape index (κ1) is 14.9. The summed E-state index contributed by atoms with van der Waals surface area (Å²) in [6.45, 7) is 0. The van der Waals surface area contributed by atoms with E-state index in [-0.39, 0.29) is 5.54 Å². The van der Waals surface area contributed by atoms with E-state index in [4.69, 9.17) is 16.0 Å². The maximum atomic E-state index is 6.00. The Balaban J connectivity index is 1.81. The van der Waals surface area contributed by atoms with E-state index in [1.54, 1.807) is 0 Å². The van der Waals surface area contributed by atoms with Crippen molar-refractivity contribution in [3.63, 3.8) is 0 Å². The van der Waals surface area contributed by atoms with Crippen LogP contribution < -0.4 is 4.43 Å². The molecule has 0 spiro atoms. The molecule has 22 heavy (non-hydrogen) atoms. The third-order valence-corrected chi connectivity index (χ3v) is 4.88. The van der Waals surface area contributed by atoms with E-state index in [0.717, 1.165) is 10.8 Å². The highest BCUT2D eigenvalue weighted by Crippen LogP contribution is 2.25. The summed E-state index contributed by atoms with van der Waals surface area (Å²) in [5.74, 6) is 0.847. The second-order valence-corrected chi connectivity index (χ2v) is 6.38. The first-order valence-electron chi connectivity index (χ1n) is 7.11. The van der Waals surface area contributed by atoms with E-state index >= 15 is 0 Å². The molecule has 3 aromatic rings. The summed E-state index contributed by atoms with van der Waals surface area (Å²) in [6, 6.07) is 28.4. The van der Waals surface area contributed by atoms with Crippen molar-refractivity contribution in [2.45, 2.75) is 5.54 Å². The van der Waals surface area contributed by atoms with Crippen LogP contribution in [0.5, 0.6) is 5.75 Å². The lowest BCUT2D eigenvalue weighted by Gasteiger charge is -2.17. The highest BCUT2D eigenvalue weighted by molar-refractivity contribution is 6.32. The molecule has 0 saturated carbocycles. The summed E-state index contributed by atoms with van der Waals surface area (Å²) in [5.41, 5.74) is 2.76. The quantitative estimate of drug-likeness (QED) is 0.592. The summed E-state index contributed by atoms with van der Waals surface area (Å²) in [7, 11) is 0.309. The van der Waals surface area contributed by atoms with Gasteiger partial charge in [-0.25, -0.2) is 0 Å². The van der Waals surface area contributed by atoms with Gasteiger partial charge in [0.2, 0.25) is 0 Å². The topological polar surface area (TPSA) is 9.23 Å². The Hall–Kier alpha value is -2.03. The molecule has 0 aliphatic carbocycles. The smallest absolute Gasteiger partial charge is 0.323 e. The normalized spacial score (nSPS) is 10.6. The Morgan fingerprint density at radius 2 is 1.18 bits per heavy atom. The van der Waals surface area contributed by atoms with E-state index < -0.39 is 0 Å². The molecule has 0 N–H and O–H groups in total. The lowest BCUT2D eigenvalue weighted by atomic mass is 10.0. The fraction of sp³-hybridized carbons (Fsp3) is 0.0526. The minimum atomic E-state index is 0.234. The van der Waals surface area contributed by atoms with Gasteiger partial charge in [-0.05, 0) is 35.4 Å². The van der Waals surface area contributed by atoms with Crippen LogP contribution in [0.15, 0.2) is 84.9 Å². The standard InChI is InChI=1S/C19H15ClOSi/c20-17-11-13-18(14-12-17)21-22-19(15-7-3-1-4-8-15)16-9-5-2-6-10-16/h1-14,19H. The van der Waals surface area contributed by atoms with Crippen LogP contribution in [0.4, 0.5) is 0 Å². The SMILES string of the molecule is Clc1ccc(O[Si]C(c2ccccc2)c2ccccc2)cc1. The van der Waals surface area contributed by atoms with Gasteiger partial charge in [0.1, 0.15) is 5.75 Å². The third kappa shape index (κ3) is 3.78. The fourth-order valence-corrected chi connectivity index (χ4v) is 3.42. The van der Waals surface area contributed by atoms with Crippen LogP contribution in [-0.4, -0.2) is 9.76 Å². The van der Waals surface area contributed by atoms with Crippen LogP contribution in [0.1, 0.15) is 16.7 Å². The summed E-state index contributed by atoms with van der Waals surface area (Å²) in [6.07, 6.45) is 0. The average molecular weight is 323 g/mol. The lowest BCUT2D eigenvalue weighted by molar-refractivity contribution is 0.584. The Labute approximate surface area is 138 Å². The predicted octanol–water partition coefficient (Wildman–Crippen LogP) is 5.13. The second kappa shape index (κ2) is 7.30. The number of hydrogen-bond acceptors (Lipinski definition) is 1. The maximum absolute atomic E-state index is 6.00. The molecular weight excluding hydrogens is 308 g/mol. The van der Waals surface area contributed by atoms with E-state index in [2.05, 4.69) is 48.5 Å². The Bertz CT molecular complexity index is 659. The van der Waals surface area contributed by atoms with Gasteiger partial charge >= 0.3 is 9.76 Å². The maximum Gasteiger partial charge on any atom is 0.323 e. The van der Waals surface area contributed by atoms with Gasteiger partial charge in [-0.3, -0.25) is 0 Å². The highest BCUT2D eigenvalue weighted by Gasteiger charge is 2.17. The van der Waals surface area contributed by atoms with Gasteiger partial charge in [0.05, 0.1) is 0 Å². The summed E-state index contributed by atoms with van der Waals surface area (Å²) >= 11 is 5.91. The van der Waals surface area contributed by atoms with Crippen LogP contribution in [0.3, 0.4) is 0 Å². The van der Waals surface area contributed by atoms with Gasteiger partial charge in [-0.15, -0.1) is 0 Å². The molecule has 3 aromatic carbocycles. The van der Waals surface area contributed by atoms with Crippen molar-refractivity contribution in [1.29, 1.82) is 0 Å². The van der Waals surface area contributed by atoms with Crippen LogP contribution in [0.2, 0.25) is 5.02 Å². The zero-order valence-electron chi connectivity index (χ0n) is 11.9. The van der Waals surface area contributed by atoms with Gasteiger partial charge in [0, 0.05) is 10.6 Å². The molecule has 0 aromatic heterocycles. The van der Waals surface area contributed by atoms with Crippen molar-refractivity contribution >= 4 is 21.4 Å². The van der Waals surface area contributed by atoms with Crippen molar-refractivity contribution in [3.8, 4) is 5.75 Å². The van der Waals surface area contributed by atoms with Gasteiger partial charge < -0.3 is 4.43 Å². The molecule has 0 atom stereocenters. The van der Waals surface area contributed by atoms with Gasteiger partial charge in [0.25, 0.3) is 0 Å². The molecule has 0 saturated heterocycles. The first-order valence-corrected chi connectivity index (χ1v) is 8.47. The van der Waals surface area contributed by atoms with E-state index in [1.807, 2.05) is 36.4 Å². The zero-order chi connectivity index (χ0) is 15.2. The third-order valence-electron chi connectivity index (χ3n) is 3.37. The second-order valence-electron chi connectivity index (χ2n) is 4.93. The molecule has 3 rings (SSSR count). The molecule has 0 aliphatic heterocycles. The molecule has 0 heterocycles. The average Bonchev–Trinajstić information content (AvgIpc) is 2.59. The van der Waals surface area contributed by atoms with E-state index in [1.165, 1.54) is 11.1 Å². The number of halogens is 1. The first-order chi connectivity index (χ1) is 10.8. The van der Waals surface area contributed by atoms with Crippen LogP contribution in [-0.2, 0) is 0 Å². The Morgan fingerprint density at radius 1 is 0.682 bits per heavy atom. The molecule has 0 unspecified atom stereocenters. The lowest BCUT2D eigenvalue weighted by Crippen LogP contribution is -2.16. The Morgan fingerprint density at radius 3 is 1.68 bits per heavy atom. The molecule has 0 aliphatic rings. The zero-order valence-corrected chi connectivity index (χ0v) is 13.7. The van der Waals surface area contributed by atoms with E-state index in [0.29, 0.717) is 9.76 Å². The van der Waals surface area contributed by atoms with Gasteiger partial charge in [-0.1, -0.05) is 72.3 Å². The van der Waals surface area contributed by atoms with Crippen LogP contribution >= 0.6 is 11.6 Å².